The zero-order valence-corrected chi connectivity index (χ0v) is 23.1. The van der Waals surface area contributed by atoms with Crippen LogP contribution in [0.5, 0.6) is 0 Å². The van der Waals surface area contributed by atoms with Crippen LogP contribution in [0.3, 0.4) is 0 Å². The average molecular weight is 486 g/mol. The molecule has 3 saturated carbocycles. The molecular formula is C31H53N2O2+. The Labute approximate surface area is 215 Å². The van der Waals surface area contributed by atoms with Gasteiger partial charge in [0.15, 0.2) is 0 Å². The smallest absolute Gasteiger partial charge is 0.233 e. The van der Waals surface area contributed by atoms with Gasteiger partial charge in [-0.3, -0.25) is 4.79 Å². The molecule has 0 spiro atoms. The maximum Gasteiger partial charge on any atom is 0.233 e. The van der Waals surface area contributed by atoms with Crippen molar-refractivity contribution in [1.82, 2.24) is 5.32 Å². The minimum absolute atomic E-state index is 0.0484. The Kier molecular flexibility index (Phi) is 8.63. The topological polar surface area (TPSA) is 64.3 Å². The molecule has 4 nitrogen and oxygen atoms in total. The van der Waals surface area contributed by atoms with Crippen molar-refractivity contribution < 1.29 is 9.53 Å². The molecule has 0 radical (unpaired) electrons. The highest BCUT2D eigenvalue weighted by molar-refractivity contribution is 5.77. The first-order valence-electron chi connectivity index (χ1n) is 14.8. The quantitative estimate of drug-likeness (QED) is 0.217. The Morgan fingerprint density at radius 2 is 1.97 bits per heavy atom. The van der Waals surface area contributed by atoms with Gasteiger partial charge in [-0.15, -0.1) is 0 Å². The molecule has 3 N–H and O–H groups in total. The van der Waals surface area contributed by atoms with Gasteiger partial charge >= 0.3 is 0 Å². The van der Waals surface area contributed by atoms with Crippen LogP contribution in [0, 0.1) is 53.3 Å². The first-order valence-corrected chi connectivity index (χ1v) is 14.8. The average Bonchev–Trinajstić information content (AvgIpc) is 3.18. The van der Waals surface area contributed by atoms with E-state index in [4.69, 9.17) is 10.5 Å². The lowest BCUT2D eigenvalue weighted by Crippen LogP contribution is -2.51. The third-order valence-corrected chi connectivity index (χ3v) is 11.1. The fraction of sp³-hybridized carbons (Fsp3) is 0.871. The summed E-state index contributed by atoms with van der Waals surface area (Å²) in [6.07, 6.45) is 17.5. The van der Waals surface area contributed by atoms with Crippen molar-refractivity contribution in [3.63, 3.8) is 0 Å². The van der Waals surface area contributed by atoms with E-state index in [-0.39, 0.29) is 12.5 Å². The number of nitrogens with two attached hydrogens (primary N) is 1. The zero-order valence-electron chi connectivity index (χ0n) is 23.1. The molecule has 0 bridgehead atoms. The van der Waals surface area contributed by atoms with Crippen molar-refractivity contribution in [3.05, 3.63) is 18.6 Å². The molecular weight excluding hydrogens is 432 g/mol. The molecule has 9 atom stereocenters. The second kappa shape index (κ2) is 11.2. The second-order valence-corrected chi connectivity index (χ2v) is 13.3. The molecule has 4 aliphatic rings. The maximum atomic E-state index is 11.4. The van der Waals surface area contributed by atoms with Gasteiger partial charge in [-0.2, -0.15) is 0 Å². The predicted octanol–water partition coefficient (Wildman–Crippen LogP) is 6.30. The Morgan fingerprint density at radius 1 is 1.17 bits per heavy atom. The van der Waals surface area contributed by atoms with Crippen LogP contribution in [-0.4, -0.2) is 31.7 Å². The lowest BCUT2D eigenvalue weighted by molar-refractivity contribution is -0.120. The Balaban J connectivity index is 1.36. The van der Waals surface area contributed by atoms with Crippen LogP contribution in [0.2, 0.25) is 0 Å². The van der Waals surface area contributed by atoms with Crippen LogP contribution in [0.25, 0.3) is 0 Å². The third-order valence-electron chi connectivity index (χ3n) is 11.1. The number of allylic oxidation sites excluding steroid dienone is 1. The van der Waals surface area contributed by atoms with E-state index in [1.807, 2.05) is 0 Å². The van der Waals surface area contributed by atoms with Gasteiger partial charge in [0.1, 0.15) is 0 Å². The molecule has 1 unspecified atom stereocenters. The first kappa shape index (κ1) is 27.0. The summed E-state index contributed by atoms with van der Waals surface area (Å²) in [5, 5.41) is 2.82. The fourth-order valence-electron chi connectivity index (χ4n) is 9.22. The van der Waals surface area contributed by atoms with Crippen LogP contribution < -0.4 is 11.1 Å². The van der Waals surface area contributed by atoms with Gasteiger partial charge in [0.2, 0.25) is 5.91 Å². The van der Waals surface area contributed by atoms with Crippen LogP contribution in [0.4, 0.5) is 0 Å². The maximum absolute atomic E-state index is 11.4. The van der Waals surface area contributed by atoms with E-state index in [9.17, 15) is 4.79 Å². The lowest BCUT2D eigenvalue weighted by Gasteiger charge is -2.58. The number of amides is 1. The summed E-state index contributed by atoms with van der Waals surface area (Å²) >= 11 is 0. The van der Waals surface area contributed by atoms with E-state index in [0.717, 1.165) is 42.4 Å². The summed E-state index contributed by atoms with van der Waals surface area (Å²) in [4.78, 5) is 11.4. The van der Waals surface area contributed by atoms with Gasteiger partial charge in [-0.1, -0.05) is 38.8 Å². The van der Waals surface area contributed by atoms with E-state index in [1.54, 1.807) is 5.57 Å². The van der Waals surface area contributed by atoms with E-state index >= 15 is 0 Å². The highest BCUT2D eigenvalue weighted by atomic mass is 16.5. The van der Waals surface area contributed by atoms with Crippen molar-refractivity contribution in [3.8, 4) is 0 Å². The summed E-state index contributed by atoms with van der Waals surface area (Å²) in [5.41, 5.74) is 7.96. The lowest BCUT2D eigenvalue weighted by atomic mass is 9.47. The number of fused-ring (bicyclic) bond motifs is 5. The molecule has 0 aliphatic heterocycles. The predicted molar refractivity (Wildman–Crippen MR) is 145 cm³/mol. The van der Waals surface area contributed by atoms with Crippen LogP contribution in [0.15, 0.2) is 11.6 Å². The summed E-state index contributed by atoms with van der Waals surface area (Å²) < 4.78 is 6.18. The van der Waals surface area contributed by atoms with Gasteiger partial charge in [0.25, 0.3) is 0 Å². The summed E-state index contributed by atoms with van der Waals surface area (Å²) in [6.45, 7) is 15.5. The minimum Gasteiger partial charge on any atom is -0.376 e. The molecule has 4 heteroatoms. The zero-order chi connectivity index (χ0) is 25.2. The highest BCUT2D eigenvalue weighted by Crippen LogP contribution is 2.67. The fourth-order valence-corrected chi connectivity index (χ4v) is 9.22. The number of ether oxygens (including phenoxy) is 1. The summed E-state index contributed by atoms with van der Waals surface area (Å²) in [7, 11) is 0. The van der Waals surface area contributed by atoms with Gasteiger partial charge in [-0.25, -0.2) is 0 Å². The van der Waals surface area contributed by atoms with E-state index in [1.165, 1.54) is 57.8 Å². The molecule has 4 rings (SSSR count). The molecule has 35 heavy (non-hydrogen) atoms. The molecule has 1 amide bonds. The first-order chi connectivity index (χ1) is 16.7. The number of rotatable bonds is 10. The van der Waals surface area contributed by atoms with Crippen molar-refractivity contribution in [2.24, 2.45) is 52.1 Å². The van der Waals surface area contributed by atoms with Gasteiger partial charge < -0.3 is 15.8 Å². The molecule has 0 heterocycles. The number of carbonyl (C=O) groups excluding carboxylic acids is 1. The minimum atomic E-state index is -0.105. The Morgan fingerprint density at radius 3 is 2.71 bits per heavy atom. The highest BCUT2D eigenvalue weighted by Gasteiger charge is 2.59. The number of nitrogens with one attached hydrogen (secondary N) is 1. The Hall–Kier alpha value is -1.00. The van der Waals surface area contributed by atoms with Crippen molar-refractivity contribution in [2.75, 3.05) is 19.7 Å². The van der Waals surface area contributed by atoms with Gasteiger partial charge in [0, 0.05) is 6.54 Å². The van der Waals surface area contributed by atoms with Crippen molar-refractivity contribution in [1.29, 1.82) is 0 Å². The van der Waals surface area contributed by atoms with E-state index < -0.39 is 0 Å². The third kappa shape index (κ3) is 5.49. The van der Waals surface area contributed by atoms with Crippen molar-refractivity contribution >= 4 is 5.91 Å². The van der Waals surface area contributed by atoms with E-state index in [2.05, 4.69) is 46.0 Å². The molecule has 0 aromatic rings. The van der Waals surface area contributed by atoms with Crippen LogP contribution >= 0.6 is 0 Å². The van der Waals surface area contributed by atoms with Gasteiger partial charge in [-0.05, 0) is 112 Å². The monoisotopic (exact) mass is 485 g/mol. The summed E-state index contributed by atoms with van der Waals surface area (Å²) in [5.74, 6) is 4.89. The molecule has 0 aromatic carbocycles. The summed E-state index contributed by atoms with van der Waals surface area (Å²) in [6, 6.07) is 0. The number of carbonyl (C=O) groups is 1. The molecule has 0 aromatic heterocycles. The Bertz CT molecular complexity index is 763. The molecule has 0 saturated heterocycles. The van der Waals surface area contributed by atoms with Gasteiger partial charge in [0.05, 0.1) is 32.1 Å². The largest absolute Gasteiger partial charge is 0.376 e. The normalized spacial score (nSPS) is 40.1. The van der Waals surface area contributed by atoms with Crippen LogP contribution in [-0.2, 0) is 9.53 Å². The second-order valence-electron chi connectivity index (χ2n) is 13.3. The standard InChI is InChI=1S/C31H52N2O2/c1-21(2)7-6-8-22(3)26-11-12-27-25-10-9-23-19-24(35-18-17-33-29(34)20-32)13-15-30(23,4)28(25)14-16-31(26,27)5/h9,21-22,24-28H,1,6-8,10-20,32H2,2-5H3/p+1/t21?,22-,24+,25+,26-,27+,28+,30+,31-/m1/s1. The SMILES string of the molecule is [CH2+]C(C)CCC[C@@H](C)[C@H]1CC[C@H]2[C@@H]3CC=C4C[C@@H](OCCNC(=O)CN)CC[C@]4(C)[C@H]3CC[C@]12C. The van der Waals surface area contributed by atoms with E-state index in [0.29, 0.717) is 36.0 Å². The number of hydrogen-bond acceptors (Lipinski definition) is 3. The molecule has 4 aliphatic carbocycles. The molecule has 3 fully saturated rings. The van der Waals surface area contributed by atoms with Crippen LogP contribution in [0.1, 0.15) is 98.3 Å². The molecule has 198 valence electrons. The number of hydrogen-bond donors (Lipinski definition) is 2. The van der Waals surface area contributed by atoms with Crippen molar-refractivity contribution in [2.45, 2.75) is 104 Å².